The van der Waals surface area contributed by atoms with E-state index in [-0.39, 0.29) is 24.2 Å². The van der Waals surface area contributed by atoms with Crippen LogP contribution < -0.4 is 5.32 Å². The second kappa shape index (κ2) is 7.02. The predicted octanol–water partition coefficient (Wildman–Crippen LogP) is 2.54. The van der Waals surface area contributed by atoms with Crippen LogP contribution in [0.15, 0.2) is 16.7 Å². The third kappa shape index (κ3) is 3.51. The molecule has 8 nitrogen and oxygen atoms in total. The van der Waals surface area contributed by atoms with Crippen LogP contribution in [0.5, 0.6) is 0 Å². The van der Waals surface area contributed by atoms with E-state index in [9.17, 15) is 14.4 Å². The van der Waals surface area contributed by atoms with Gasteiger partial charge in [-0.3, -0.25) is 19.1 Å². The first-order chi connectivity index (χ1) is 12.7. The number of nitrogens with one attached hydrogen (secondary N) is 1. The molecule has 0 spiro atoms. The third-order valence-corrected chi connectivity index (χ3v) is 4.69. The zero-order chi connectivity index (χ0) is 19.9. The second-order valence-corrected chi connectivity index (χ2v) is 7.40. The summed E-state index contributed by atoms with van der Waals surface area (Å²) >= 11 is 0. The quantitative estimate of drug-likeness (QED) is 0.621. The molecule has 0 bridgehead atoms. The first kappa shape index (κ1) is 18.9. The summed E-state index contributed by atoms with van der Waals surface area (Å²) < 4.78 is 6.93. The van der Waals surface area contributed by atoms with Crippen molar-refractivity contribution in [3.63, 3.8) is 0 Å². The number of carbonyl (C=O) groups is 3. The highest BCUT2D eigenvalue weighted by atomic mass is 16.5. The van der Waals surface area contributed by atoms with E-state index in [1.807, 2.05) is 25.3 Å². The smallest absolute Gasteiger partial charge is 0.325 e. The molecule has 2 aromatic rings. The summed E-state index contributed by atoms with van der Waals surface area (Å²) in [5, 5.41) is 6.65. The van der Waals surface area contributed by atoms with Gasteiger partial charge in [0.25, 0.3) is 5.91 Å². The van der Waals surface area contributed by atoms with Crippen molar-refractivity contribution in [3.8, 4) is 5.82 Å². The number of imide groups is 1. The topological polar surface area (TPSA) is 97.4 Å². The van der Waals surface area contributed by atoms with Crippen LogP contribution in [-0.4, -0.2) is 44.9 Å². The SMILES string of the molecule is Cc1cc(-n2c(C)cc(C(=O)CN3C(=O)N[C@@H](CC(C)C)C3=O)c2C)no1. The Balaban J connectivity index is 1.81. The molecule has 0 unspecified atom stereocenters. The summed E-state index contributed by atoms with van der Waals surface area (Å²) in [6.07, 6.45) is 0.551. The summed E-state index contributed by atoms with van der Waals surface area (Å²) in [7, 11) is 0. The van der Waals surface area contributed by atoms with Crippen LogP contribution in [0.2, 0.25) is 0 Å². The fourth-order valence-electron chi connectivity index (χ4n) is 3.44. The first-order valence-corrected chi connectivity index (χ1v) is 8.96. The van der Waals surface area contributed by atoms with Crippen molar-refractivity contribution in [2.75, 3.05) is 6.54 Å². The van der Waals surface area contributed by atoms with Gasteiger partial charge in [-0.1, -0.05) is 19.0 Å². The van der Waals surface area contributed by atoms with Crippen LogP contribution in [0.3, 0.4) is 0 Å². The zero-order valence-electron chi connectivity index (χ0n) is 16.2. The lowest BCUT2D eigenvalue weighted by atomic mass is 10.0. The van der Waals surface area contributed by atoms with Crippen molar-refractivity contribution < 1.29 is 18.9 Å². The Morgan fingerprint density at radius 3 is 2.56 bits per heavy atom. The highest BCUT2D eigenvalue weighted by molar-refractivity contribution is 6.09. The predicted molar refractivity (Wildman–Crippen MR) is 97.9 cm³/mol. The van der Waals surface area contributed by atoms with Crippen molar-refractivity contribution in [2.45, 2.75) is 47.1 Å². The molecule has 0 radical (unpaired) electrons. The van der Waals surface area contributed by atoms with Gasteiger partial charge < -0.3 is 9.84 Å². The summed E-state index contributed by atoms with van der Waals surface area (Å²) in [4.78, 5) is 38.4. The maximum atomic E-state index is 12.8. The van der Waals surface area contributed by atoms with Crippen LogP contribution >= 0.6 is 0 Å². The average Bonchev–Trinajstić information content (AvgIpc) is 3.20. The van der Waals surface area contributed by atoms with Crippen molar-refractivity contribution in [1.29, 1.82) is 0 Å². The number of hydrogen-bond donors (Lipinski definition) is 1. The normalized spacial score (nSPS) is 17.1. The maximum Gasteiger partial charge on any atom is 0.325 e. The first-order valence-electron chi connectivity index (χ1n) is 8.96. The minimum Gasteiger partial charge on any atom is -0.360 e. The van der Waals surface area contributed by atoms with Crippen LogP contribution in [0.1, 0.15) is 47.8 Å². The van der Waals surface area contributed by atoms with Gasteiger partial charge in [0, 0.05) is 23.0 Å². The minimum absolute atomic E-state index is 0.264. The largest absolute Gasteiger partial charge is 0.360 e. The number of carbonyl (C=O) groups excluding carboxylic acids is 3. The van der Waals surface area contributed by atoms with Gasteiger partial charge in [-0.05, 0) is 39.2 Å². The van der Waals surface area contributed by atoms with Crippen LogP contribution in [0.4, 0.5) is 4.79 Å². The number of urea groups is 1. The Bertz CT molecular complexity index is 909. The Kier molecular flexibility index (Phi) is 4.91. The van der Waals surface area contributed by atoms with Crippen molar-refractivity contribution >= 4 is 17.7 Å². The van der Waals surface area contributed by atoms with Gasteiger partial charge in [-0.25, -0.2) is 4.79 Å². The molecule has 1 aliphatic heterocycles. The number of nitrogens with zero attached hydrogens (tertiary/aromatic N) is 3. The molecule has 3 rings (SSSR count). The van der Waals surface area contributed by atoms with Gasteiger partial charge in [0.05, 0.1) is 6.54 Å². The van der Waals surface area contributed by atoms with E-state index in [0.717, 1.165) is 10.6 Å². The van der Waals surface area contributed by atoms with E-state index < -0.39 is 12.1 Å². The van der Waals surface area contributed by atoms with E-state index in [2.05, 4.69) is 10.5 Å². The Labute approximate surface area is 157 Å². The zero-order valence-corrected chi connectivity index (χ0v) is 16.2. The van der Waals surface area contributed by atoms with Gasteiger partial charge in [0.1, 0.15) is 11.8 Å². The number of rotatable bonds is 6. The monoisotopic (exact) mass is 372 g/mol. The van der Waals surface area contributed by atoms with E-state index in [1.54, 1.807) is 26.0 Å². The molecule has 2 aromatic heterocycles. The van der Waals surface area contributed by atoms with Gasteiger partial charge in [0.2, 0.25) is 0 Å². The van der Waals surface area contributed by atoms with E-state index in [4.69, 9.17) is 4.52 Å². The summed E-state index contributed by atoms with van der Waals surface area (Å²) in [6.45, 7) is 9.14. The number of amides is 3. The molecule has 1 saturated heterocycles. The average molecular weight is 372 g/mol. The van der Waals surface area contributed by atoms with Crippen LogP contribution in [0.25, 0.3) is 5.82 Å². The number of ketones is 1. The van der Waals surface area contributed by atoms with E-state index in [1.165, 1.54) is 0 Å². The maximum absolute atomic E-state index is 12.8. The lowest BCUT2D eigenvalue weighted by Crippen LogP contribution is -2.36. The molecule has 0 aliphatic carbocycles. The molecule has 0 aromatic carbocycles. The van der Waals surface area contributed by atoms with Gasteiger partial charge in [-0.15, -0.1) is 0 Å². The molecule has 1 aliphatic rings. The van der Waals surface area contributed by atoms with Gasteiger partial charge >= 0.3 is 6.03 Å². The molecular weight excluding hydrogens is 348 g/mol. The number of aromatic nitrogens is 2. The Hall–Kier alpha value is -2.90. The number of Topliss-reactive ketones (excluding diaryl/α,β-unsaturated/α-hetero) is 1. The summed E-state index contributed by atoms with van der Waals surface area (Å²) in [5.74, 6) is 0.889. The second-order valence-electron chi connectivity index (χ2n) is 7.40. The highest BCUT2D eigenvalue weighted by Gasteiger charge is 2.39. The molecule has 3 amide bonds. The lowest BCUT2D eigenvalue weighted by Gasteiger charge is -2.13. The lowest BCUT2D eigenvalue weighted by molar-refractivity contribution is -0.127. The third-order valence-electron chi connectivity index (χ3n) is 4.69. The molecule has 0 saturated carbocycles. The van der Waals surface area contributed by atoms with Crippen molar-refractivity contribution in [3.05, 3.63) is 34.8 Å². The van der Waals surface area contributed by atoms with Gasteiger partial charge in [-0.2, -0.15) is 0 Å². The Morgan fingerprint density at radius 1 is 1.26 bits per heavy atom. The fraction of sp³-hybridized carbons (Fsp3) is 0.474. The molecule has 1 atom stereocenters. The standard InChI is InChI=1S/C19H24N4O4/c1-10(2)6-15-18(25)22(19(26)20-15)9-16(24)14-7-11(3)23(13(14)5)17-8-12(4)27-21-17/h7-8,10,15H,6,9H2,1-5H3,(H,20,26)/t15-/m0/s1. The van der Waals surface area contributed by atoms with E-state index >= 15 is 0 Å². The van der Waals surface area contributed by atoms with Gasteiger partial charge in [0.15, 0.2) is 11.6 Å². The molecular formula is C19H24N4O4. The number of hydrogen-bond acceptors (Lipinski definition) is 5. The highest BCUT2D eigenvalue weighted by Crippen LogP contribution is 2.22. The summed E-state index contributed by atoms with van der Waals surface area (Å²) in [5.41, 5.74) is 1.97. The molecule has 1 N–H and O–H groups in total. The van der Waals surface area contributed by atoms with Crippen molar-refractivity contribution in [2.24, 2.45) is 5.92 Å². The minimum atomic E-state index is -0.559. The summed E-state index contributed by atoms with van der Waals surface area (Å²) in [6, 6.07) is 2.45. The van der Waals surface area contributed by atoms with Crippen molar-refractivity contribution in [1.82, 2.24) is 19.9 Å². The Morgan fingerprint density at radius 2 is 1.96 bits per heavy atom. The fourth-order valence-corrected chi connectivity index (χ4v) is 3.44. The van der Waals surface area contributed by atoms with E-state index in [0.29, 0.717) is 29.3 Å². The molecule has 1 fully saturated rings. The molecule has 27 heavy (non-hydrogen) atoms. The molecule has 8 heteroatoms. The number of aryl methyl sites for hydroxylation is 2. The molecule has 3 heterocycles. The molecule has 144 valence electrons. The van der Waals surface area contributed by atoms with Crippen LogP contribution in [0, 0.1) is 26.7 Å². The van der Waals surface area contributed by atoms with Crippen LogP contribution in [-0.2, 0) is 4.79 Å².